The largest absolute Gasteiger partial charge is 0.494 e. The van der Waals surface area contributed by atoms with E-state index in [2.05, 4.69) is 4.99 Å². The fourth-order valence-corrected chi connectivity index (χ4v) is 3.39. The van der Waals surface area contributed by atoms with Crippen LogP contribution in [0.5, 0.6) is 5.88 Å². The van der Waals surface area contributed by atoms with Crippen LogP contribution in [0.25, 0.3) is 0 Å². The number of aromatic hydroxyl groups is 1. The Bertz CT molecular complexity index is 1080. The molecule has 3 rings (SSSR count). The number of benzene rings is 1. The summed E-state index contributed by atoms with van der Waals surface area (Å²) in [6, 6.07) is 8.58. The van der Waals surface area contributed by atoms with Crippen LogP contribution in [0.4, 0.5) is 5.69 Å². The fraction of sp³-hybridized carbons (Fsp3) is 0.364. The number of pyridine rings is 1. The second-order valence-corrected chi connectivity index (χ2v) is 6.90. The average molecular weight is 409 g/mol. The van der Waals surface area contributed by atoms with Gasteiger partial charge in [0.1, 0.15) is 11.6 Å². The van der Waals surface area contributed by atoms with Crippen LogP contribution in [0, 0.1) is 18.3 Å². The molecule has 1 aromatic carbocycles. The van der Waals surface area contributed by atoms with Crippen molar-refractivity contribution in [1.82, 2.24) is 4.57 Å². The molecule has 1 aromatic heterocycles. The van der Waals surface area contributed by atoms with Gasteiger partial charge in [-0.05, 0) is 44.4 Å². The molecule has 1 aliphatic heterocycles. The molecule has 2 heterocycles. The van der Waals surface area contributed by atoms with Gasteiger partial charge in [-0.3, -0.25) is 14.4 Å². The Morgan fingerprint density at radius 1 is 1.47 bits per heavy atom. The first kappa shape index (κ1) is 21.3. The second-order valence-electron chi connectivity index (χ2n) is 6.90. The SMILES string of the molecule is CCOC(=O)c1ccccc1N=Cc1c(C)c(C#N)c(=O)n(CC2CCCO2)c1O. The highest BCUT2D eigenvalue weighted by Crippen LogP contribution is 2.25. The van der Waals surface area contributed by atoms with Gasteiger partial charge in [-0.2, -0.15) is 5.26 Å². The van der Waals surface area contributed by atoms with Gasteiger partial charge in [0.05, 0.1) is 36.1 Å². The van der Waals surface area contributed by atoms with Gasteiger partial charge < -0.3 is 14.6 Å². The summed E-state index contributed by atoms with van der Waals surface area (Å²) >= 11 is 0. The maximum atomic E-state index is 12.7. The predicted octanol–water partition coefficient (Wildman–Crippen LogP) is 2.84. The first-order valence-corrected chi connectivity index (χ1v) is 9.76. The van der Waals surface area contributed by atoms with Crippen molar-refractivity contribution >= 4 is 17.9 Å². The smallest absolute Gasteiger partial charge is 0.340 e. The molecule has 8 heteroatoms. The third kappa shape index (κ3) is 4.26. The van der Waals surface area contributed by atoms with Gasteiger partial charge in [-0.25, -0.2) is 4.79 Å². The highest BCUT2D eigenvalue weighted by Gasteiger charge is 2.23. The summed E-state index contributed by atoms with van der Waals surface area (Å²) < 4.78 is 11.8. The van der Waals surface area contributed by atoms with Crippen LogP contribution >= 0.6 is 0 Å². The molecule has 0 amide bonds. The van der Waals surface area contributed by atoms with E-state index in [1.165, 1.54) is 6.21 Å². The fourth-order valence-electron chi connectivity index (χ4n) is 3.39. The Kier molecular flexibility index (Phi) is 6.65. The van der Waals surface area contributed by atoms with Gasteiger partial charge in [0.25, 0.3) is 5.56 Å². The normalized spacial score (nSPS) is 16.0. The van der Waals surface area contributed by atoms with Crippen LogP contribution in [0.2, 0.25) is 0 Å². The van der Waals surface area contributed by atoms with Gasteiger partial charge in [-0.1, -0.05) is 12.1 Å². The minimum absolute atomic E-state index is 0.0640. The number of esters is 1. The number of carbonyl (C=O) groups is 1. The molecular formula is C22H23N3O5. The van der Waals surface area contributed by atoms with E-state index < -0.39 is 11.5 Å². The summed E-state index contributed by atoms with van der Waals surface area (Å²) in [5, 5.41) is 20.3. The molecule has 0 radical (unpaired) electrons. The zero-order chi connectivity index (χ0) is 21.7. The quantitative estimate of drug-likeness (QED) is 0.580. The highest BCUT2D eigenvalue weighted by atomic mass is 16.5. The monoisotopic (exact) mass is 409 g/mol. The van der Waals surface area contributed by atoms with E-state index in [0.717, 1.165) is 17.4 Å². The van der Waals surface area contributed by atoms with Crippen molar-refractivity contribution < 1.29 is 19.4 Å². The molecule has 8 nitrogen and oxygen atoms in total. The second kappa shape index (κ2) is 9.37. The van der Waals surface area contributed by atoms with E-state index in [1.54, 1.807) is 38.1 Å². The molecular weight excluding hydrogens is 386 g/mol. The van der Waals surface area contributed by atoms with Crippen LogP contribution in [0.15, 0.2) is 34.1 Å². The lowest BCUT2D eigenvalue weighted by Crippen LogP contribution is -2.29. The third-order valence-electron chi connectivity index (χ3n) is 4.99. The zero-order valence-corrected chi connectivity index (χ0v) is 16.9. The number of hydrogen-bond donors (Lipinski definition) is 1. The van der Waals surface area contributed by atoms with Crippen molar-refractivity contribution in [2.45, 2.75) is 39.3 Å². The molecule has 1 atom stereocenters. The Morgan fingerprint density at radius 3 is 2.90 bits per heavy atom. The van der Waals surface area contributed by atoms with Gasteiger partial charge >= 0.3 is 5.97 Å². The van der Waals surface area contributed by atoms with Crippen LogP contribution < -0.4 is 5.56 Å². The Morgan fingerprint density at radius 2 is 2.23 bits per heavy atom. The van der Waals surface area contributed by atoms with Crippen molar-refractivity contribution in [2.24, 2.45) is 4.99 Å². The summed E-state index contributed by atoms with van der Waals surface area (Å²) in [5.74, 6) is -0.795. The van der Waals surface area contributed by atoms with E-state index >= 15 is 0 Å². The lowest BCUT2D eigenvalue weighted by atomic mass is 10.1. The molecule has 1 unspecified atom stereocenters. The van der Waals surface area contributed by atoms with Crippen LogP contribution in [-0.4, -0.2) is 41.2 Å². The summed E-state index contributed by atoms with van der Waals surface area (Å²) in [5.41, 5.74) is 0.563. The maximum absolute atomic E-state index is 12.7. The first-order valence-electron chi connectivity index (χ1n) is 9.76. The highest BCUT2D eigenvalue weighted by molar-refractivity contribution is 5.97. The predicted molar refractivity (Wildman–Crippen MR) is 110 cm³/mol. The number of hydrogen-bond acceptors (Lipinski definition) is 7. The number of nitrogens with zero attached hydrogens (tertiary/aromatic N) is 3. The minimum Gasteiger partial charge on any atom is -0.494 e. The number of rotatable bonds is 6. The lowest BCUT2D eigenvalue weighted by molar-refractivity contribution is 0.0527. The van der Waals surface area contributed by atoms with Gasteiger partial charge in [0.2, 0.25) is 5.88 Å². The molecule has 1 N–H and O–H groups in total. The van der Waals surface area contributed by atoms with E-state index in [4.69, 9.17) is 9.47 Å². The molecule has 1 fully saturated rings. The number of ether oxygens (including phenoxy) is 2. The van der Waals surface area contributed by atoms with E-state index in [0.29, 0.717) is 17.9 Å². The molecule has 156 valence electrons. The topological polar surface area (TPSA) is 114 Å². The number of nitriles is 1. The van der Waals surface area contributed by atoms with E-state index in [9.17, 15) is 20.0 Å². The zero-order valence-electron chi connectivity index (χ0n) is 16.9. The molecule has 1 saturated heterocycles. The number of aliphatic imine (C=N–C) groups is 1. The van der Waals surface area contributed by atoms with Gasteiger partial charge in [-0.15, -0.1) is 0 Å². The van der Waals surface area contributed by atoms with Gasteiger partial charge in [0.15, 0.2) is 0 Å². The van der Waals surface area contributed by atoms with Crippen LogP contribution in [0.1, 0.15) is 46.8 Å². The van der Waals surface area contributed by atoms with E-state index in [-0.39, 0.29) is 41.8 Å². The molecule has 0 spiro atoms. The Hall–Kier alpha value is -3.44. The molecule has 2 aromatic rings. The summed E-state index contributed by atoms with van der Waals surface area (Å²) in [6.45, 7) is 4.28. The lowest BCUT2D eigenvalue weighted by Gasteiger charge is -2.17. The van der Waals surface area contributed by atoms with Crippen molar-refractivity contribution in [3.05, 3.63) is 56.9 Å². The maximum Gasteiger partial charge on any atom is 0.340 e. The molecule has 0 bridgehead atoms. The van der Waals surface area contributed by atoms with Crippen molar-refractivity contribution in [1.29, 1.82) is 5.26 Å². The number of para-hydroxylation sites is 1. The van der Waals surface area contributed by atoms with E-state index in [1.807, 2.05) is 6.07 Å². The first-order chi connectivity index (χ1) is 14.5. The Labute approximate surface area is 174 Å². The van der Waals surface area contributed by atoms with Crippen LogP contribution in [-0.2, 0) is 16.0 Å². The van der Waals surface area contributed by atoms with Gasteiger partial charge in [0, 0.05) is 12.8 Å². The Balaban J connectivity index is 2.05. The van der Waals surface area contributed by atoms with Crippen LogP contribution in [0.3, 0.4) is 0 Å². The molecule has 30 heavy (non-hydrogen) atoms. The number of aromatic nitrogens is 1. The summed E-state index contributed by atoms with van der Waals surface area (Å²) in [7, 11) is 0. The summed E-state index contributed by atoms with van der Waals surface area (Å²) in [4.78, 5) is 29.2. The molecule has 1 aliphatic rings. The van der Waals surface area contributed by atoms with Crippen molar-refractivity contribution in [2.75, 3.05) is 13.2 Å². The number of carbonyl (C=O) groups excluding carboxylic acids is 1. The third-order valence-corrected chi connectivity index (χ3v) is 4.99. The van der Waals surface area contributed by atoms with Crippen molar-refractivity contribution in [3.63, 3.8) is 0 Å². The molecule has 0 saturated carbocycles. The summed E-state index contributed by atoms with van der Waals surface area (Å²) in [6.07, 6.45) is 2.82. The average Bonchev–Trinajstić information content (AvgIpc) is 3.25. The molecule has 0 aliphatic carbocycles. The minimum atomic E-state index is -0.563. The standard InChI is InChI=1S/C22H23N3O5/c1-3-29-22(28)16-8-4-5-9-19(16)24-12-18-14(2)17(11-23)20(26)25(21(18)27)13-15-7-6-10-30-15/h4-5,8-9,12,15,27H,3,6-7,10,13H2,1-2H3. The van der Waals surface area contributed by atoms with Crippen molar-refractivity contribution in [3.8, 4) is 11.9 Å².